The standard InChI is InChI=1S/C15H20FO6P/c1-8-6-20-15-12(16)5-11(9(2)10-3-4-10)14(13(8)15)21-7-22-23(17,18)19/h5,8-10H,3-4,6-7H2,1-2H3,(H2,17,18,19)/p-2. The van der Waals surface area contributed by atoms with Gasteiger partial charge in [0.1, 0.15) is 5.75 Å². The first kappa shape index (κ1) is 16.7. The summed E-state index contributed by atoms with van der Waals surface area (Å²) in [5.41, 5.74) is 1.24. The van der Waals surface area contributed by atoms with Crippen molar-refractivity contribution in [3.05, 3.63) is 23.0 Å². The van der Waals surface area contributed by atoms with Gasteiger partial charge in [-0.25, -0.2) is 4.39 Å². The third kappa shape index (κ3) is 3.53. The van der Waals surface area contributed by atoms with Gasteiger partial charge >= 0.3 is 0 Å². The van der Waals surface area contributed by atoms with Gasteiger partial charge in [-0.3, -0.25) is 0 Å². The Hall–Kier alpha value is -1.14. The Morgan fingerprint density at radius 2 is 2.17 bits per heavy atom. The van der Waals surface area contributed by atoms with Crippen LogP contribution in [0, 0.1) is 11.7 Å². The lowest BCUT2D eigenvalue weighted by Crippen LogP contribution is -2.19. The van der Waals surface area contributed by atoms with Crippen molar-refractivity contribution in [3.8, 4) is 11.5 Å². The van der Waals surface area contributed by atoms with Gasteiger partial charge in [-0.1, -0.05) is 13.8 Å². The van der Waals surface area contributed by atoms with Gasteiger partial charge in [0.05, 0.1) is 14.4 Å². The minimum absolute atomic E-state index is 0.0731. The molecule has 1 heterocycles. The monoisotopic (exact) mass is 344 g/mol. The highest BCUT2D eigenvalue weighted by Gasteiger charge is 2.36. The van der Waals surface area contributed by atoms with E-state index in [-0.39, 0.29) is 17.6 Å². The average Bonchev–Trinajstić information content (AvgIpc) is 3.23. The molecule has 1 aliphatic carbocycles. The highest BCUT2D eigenvalue weighted by atomic mass is 31.2. The molecule has 6 nitrogen and oxygen atoms in total. The normalized spacial score (nSPS) is 21.7. The Morgan fingerprint density at radius 1 is 1.48 bits per heavy atom. The molecule has 0 radical (unpaired) electrons. The Morgan fingerprint density at radius 3 is 2.78 bits per heavy atom. The van der Waals surface area contributed by atoms with Crippen molar-refractivity contribution in [1.29, 1.82) is 0 Å². The summed E-state index contributed by atoms with van der Waals surface area (Å²) in [7, 11) is -5.12. The molecule has 2 aliphatic rings. The highest BCUT2D eigenvalue weighted by Crippen LogP contribution is 2.51. The summed E-state index contributed by atoms with van der Waals surface area (Å²) in [4.78, 5) is 21.2. The van der Waals surface area contributed by atoms with Crippen molar-refractivity contribution < 1.29 is 32.7 Å². The quantitative estimate of drug-likeness (QED) is 0.579. The molecule has 2 atom stereocenters. The summed E-state index contributed by atoms with van der Waals surface area (Å²) < 4.78 is 39.9. The van der Waals surface area contributed by atoms with E-state index < -0.39 is 20.4 Å². The summed E-state index contributed by atoms with van der Waals surface area (Å²) in [5.74, 6) is 0.499. The first-order chi connectivity index (χ1) is 10.8. The largest absolute Gasteiger partial charge is 0.790 e. The zero-order chi connectivity index (χ0) is 16.8. The van der Waals surface area contributed by atoms with Gasteiger partial charge < -0.3 is 28.3 Å². The molecule has 128 valence electrons. The van der Waals surface area contributed by atoms with Gasteiger partial charge in [0.15, 0.2) is 18.4 Å². The molecule has 0 spiro atoms. The number of halogens is 1. The molecule has 1 aliphatic heterocycles. The number of phosphoric acid groups is 1. The lowest BCUT2D eigenvalue weighted by molar-refractivity contribution is -0.344. The van der Waals surface area contributed by atoms with Gasteiger partial charge in [-0.2, -0.15) is 0 Å². The summed E-state index contributed by atoms with van der Waals surface area (Å²) in [6, 6.07) is 1.38. The summed E-state index contributed by atoms with van der Waals surface area (Å²) in [6.45, 7) is 3.46. The second-order valence-corrected chi connectivity index (χ2v) is 7.35. The molecular weight excluding hydrogens is 326 g/mol. The first-order valence-corrected chi connectivity index (χ1v) is 9.02. The minimum Gasteiger partial charge on any atom is -0.790 e. The lowest BCUT2D eigenvalue weighted by atomic mass is 9.90. The number of hydrogen-bond acceptors (Lipinski definition) is 6. The molecule has 0 N–H and O–H groups in total. The Bertz CT molecular complexity index is 654. The second kappa shape index (κ2) is 6.06. The molecule has 3 rings (SSSR count). The molecule has 23 heavy (non-hydrogen) atoms. The molecule has 0 bridgehead atoms. The Kier molecular flexibility index (Phi) is 4.40. The Labute approximate surface area is 133 Å². The highest BCUT2D eigenvalue weighted by molar-refractivity contribution is 7.43. The van der Waals surface area contributed by atoms with Crippen LogP contribution in [0.15, 0.2) is 6.07 Å². The number of ether oxygens (including phenoxy) is 2. The van der Waals surface area contributed by atoms with Crippen molar-refractivity contribution >= 4 is 7.82 Å². The number of fused-ring (bicyclic) bond motifs is 1. The Balaban J connectivity index is 1.96. The van der Waals surface area contributed by atoms with E-state index >= 15 is 0 Å². The van der Waals surface area contributed by atoms with Crippen LogP contribution in [-0.4, -0.2) is 13.4 Å². The van der Waals surface area contributed by atoms with Gasteiger partial charge in [0.2, 0.25) is 0 Å². The van der Waals surface area contributed by atoms with Crippen LogP contribution in [0.3, 0.4) is 0 Å². The second-order valence-electron chi connectivity index (χ2n) is 6.20. The van der Waals surface area contributed by atoms with Crippen molar-refractivity contribution in [1.82, 2.24) is 0 Å². The maximum Gasteiger partial charge on any atom is 0.193 e. The van der Waals surface area contributed by atoms with E-state index in [4.69, 9.17) is 9.47 Å². The van der Waals surface area contributed by atoms with Crippen LogP contribution in [0.25, 0.3) is 0 Å². The molecule has 1 saturated carbocycles. The molecule has 1 aromatic rings. The van der Waals surface area contributed by atoms with E-state index in [1.165, 1.54) is 6.07 Å². The zero-order valence-corrected chi connectivity index (χ0v) is 13.8. The van der Waals surface area contributed by atoms with E-state index in [1.54, 1.807) is 0 Å². The third-order valence-corrected chi connectivity index (χ3v) is 4.88. The van der Waals surface area contributed by atoms with Crippen LogP contribution in [0.4, 0.5) is 4.39 Å². The first-order valence-electron chi connectivity index (χ1n) is 7.56. The van der Waals surface area contributed by atoms with Crippen LogP contribution >= 0.6 is 7.82 Å². The number of rotatable bonds is 6. The number of benzene rings is 1. The molecule has 1 aromatic carbocycles. The topological polar surface area (TPSA) is 90.9 Å². The third-order valence-electron chi connectivity index (χ3n) is 4.45. The van der Waals surface area contributed by atoms with E-state index in [9.17, 15) is 18.7 Å². The fourth-order valence-electron chi connectivity index (χ4n) is 3.04. The van der Waals surface area contributed by atoms with Crippen molar-refractivity contribution in [2.75, 3.05) is 13.4 Å². The SMILES string of the molecule is CC1COc2c(F)cc(C(C)C3CC3)c(OCOP(=O)([O-])[O-])c21. The maximum atomic E-state index is 14.3. The van der Waals surface area contributed by atoms with Gasteiger partial charge in [0.25, 0.3) is 0 Å². The van der Waals surface area contributed by atoms with Gasteiger partial charge in [-0.15, -0.1) is 0 Å². The van der Waals surface area contributed by atoms with Gasteiger partial charge in [-0.05, 0) is 30.7 Å². The molecule has 8 heteroatoms. The molecule has 0 amide bonds. The molecule has 0 aromatic heterocycles. The van der Waals surface area contributed by atoms with Crippen LogP contribution < -0.4 is 19.3 Å². The van der Waals surface area contributed by atoms with Crippen LogP contribution in [0.2, 0.25) is 0 Å². The fraction of sp³-hybridized carbons (Fsp3) is 0.600. The van der Waals surface area contributed by atoms with E-state index in [2.05, 4.69) is 4.52 Å². The predicted molar refractivity (Wildman–Crippen MR) is 75.6 cm³/mol. The summed E-state index contributed by atoms with van der Waals surface area (Å²) in [5, 5.41) is 0. The lowest BCUT2D eigenvalue weighted by Gasteiger charge is -2.29. The van der Waals surface area contributed by atoms with E-state index in [0.29, 0.717) is 29.4 Å². The maximum absolute atomic E-state index is 14.3. The number of phosphoric ester groups is 1. The van der Waals surface area contributed by atoms with Crippen LogP contribution in [-0.2, 0) is 9.09 Å². The van der Waals surface area contributed by atoms with Crippen molar-refractivity contribution in [2.24, 2.45) is 5.92 Å². The fourth-order valence-corrected chi connectivity index (χ4v) is 3.22. The molecule has 1 fully saturated rings. The van der Waals surface area contributed by atoms with Crippen LogP contribution in [0.5, 0.6) is 11.5 Å². The number of hydrogen-bond donors (Lipinski definition) is 0. The average molecular weight is 344 g/mol. The van der Waals surface area contributed by atoms with Crippen LogP contribution in [0.1, 0.15) is 49.7 Å². The minimum atomic E-state index is -5.12. The van der Waals surface area contributed by atoms with Crippen molar-refractivity contribution in [3.63, 3.8) is 0 Å². The summed E-state index contributed by atoms with van der Waals surface area (Å²) >= 11 is 0. The van der Waals surface area contributed by atoms with Gasteiger partial charge in [0, 0.05) is 17.0 Å². The predicted octanol–water partition coefficient (Wildman–Crippen LogP) is 2.02. The molecular formula is C15H18FO6P-2. The molecule has 0 saturated heterocycles. The van der Waals surface area contributed by atoms with E-state index in [1.807, 2.05) is 13.8 Å². The smallest absolute Gasteiger partial charge is 0.193 e. The van der Waals surface area contributed by atoms with Crippen molar-refractivity contribution in [2.45, 2.75) is 38.5 Å². The summed E-state index contributed by atoms with van der Waals surface area (Å²) in [6.07, 6.45) is 2.14. The van der Waals surface area contributed by atoms with E-state index in [0.717, 1.165) is 12.8 Å². The zero-order valence-electron chi connectivity index (χ0n) is 12.9. The molecule has 2 unspecified atom stereocenters.